The molecule has 7 heteroatoms. The second-order valence-electron chi connectivity index (χ2n) is 4.81. The Balaban J connectivity index is 2.07. The van der Waals surface area contributed by atoms with Gasteiger partial charge < -0.3 is 10.1 Å². The van der Waals surface area contributed by atoms with Gasteiger partial charge in [0, 0.05) is 30.7 Å². The lowest BCUT2D eigenvalue weighted by Crippen LogP contribution is -2.38. The summed E-state index contributed by atoms with van der Waals surface area (Å²) in [5.41, 5.74) is 0.104. The molecule has 1 fully saturated rings. The standard InChI is InChI=1S/C13H15ClN2O4/c1-8(9-4-5-20-7-9)15-13(17)11-3-2-10(16(18)19)6-12(11)14/h2-3,6,8-9H,4-5,7H2,1H3,(H,15,17). The van der Waals surface area contributed by atoms with Crippen LogP contribution in [0.15, 0.2) is 18.2 Å². The van der Waals surface area contributed by atoms with Crippen LogP contribution in [0.2, 0.25) is 5.02 Å². The van der Waals surface area contributed by atoms with E-state index in [0.717, 1.165) is 6.42 Å². The van der Waals surface area contributed by atoms with Gasteiger partial charge in [-0.05, 0) is 19.4 Å². The fourth-order valence-electron chi connectivity index (χ4n) is 2.15. The molecule has 1 saturated heterocycles. The van der Waals surface area contributed by atoms with Crippen molar-refractivity contribution in [2.24, 2.45) is 5.92 Å². The van der Waals surface area contributed by atoms with E-state index in [0.29, 0.717) is 13.2 Å². The molecule has 2 rings (SSSR count). The van der Waals surface area contributed by atoms with E-state index in [4.69, 9.17) is 16.3 Å². The minimum Gasteiger partial charge on any atom is -0.381 e. The van der Waals surface area contributed by atoms with Gasteiger partial charge in [0.1, 0.15) is 0 Å². The Labute approximate surface area is 121 Å². The molecule has 2 atom stereocenters. The van der Waals surface area contributed by atoms with Crippen molar-refractivity contribution >= 4 is 23.2 Å². The molecule has 0 aliphatic carbocycles. The number of nitrogens with zero attached hydrogens (tertiary/aromatic N) is 1. The van der Waals surface area contributed by atoms with Crippen molar-refractivity contribution in [2.45, 2.75) is 19.4 Å². The number of benzene rings is 1. The van der Waals surface area contributed by atoms with E-state index >= 15 is 0 Å². The molecule has 0 aromatic heterocycles. The molecule has 2 unspecified atom stereocenters. The second kappa shape index (κ2) is 6.19. The maximum absolute atomic E-state index is 12.1. The summed E-state index contributed by atoms with van der Waals surface area (Å²) in [5.74, 6) is -0.0416. The van der Waals surface area contributed by atoms with Crippen LogP contribution < -0.4 is 5.32 Å². The SMILES string of the molecule is CC(NC(=O)c1ccc([N+](=O)[O-])cc1Cl)C1CCOC1. The predicted octanol–water partition coefficient (Wildman–Crippen LogP) is 2.40. The summed E-state index contributed by atoms with van der Waals surface area (Å²) in [6.45, 7) is 3.26. The van der Waals surface area contributed by atoms with Crippen LogP contribution in [-0.4, -0.2) is 30.1 Å². The van der Waals surface area contributed by atoms with Crippen molar-refractivity contribution in [2.75, 3.05) is 13.2 Å². The molecular formula is C13H15ClN2O4. The van der Waals surface area contributed by atoms with Gasteiger partial charge in [0.2, 0.25) is 0 Å². The maximum atomic E-state index is 12.1. The third-order valence-corrected chi connectivity index (χ3v) is 3.75. The average Bonchev–Trinajstić information content (AvgIpc) is 2.92. The van der Waals surface area contributed by atoms with E-state index in [9.17, 15) is 14.9 Å². The summed E-state index contributed by atoms with van der Waals surface area (Å²) in [5, 5.41) is 13.5. The lowest BCUT2D eigenvalue weighted by Gasteiger charge is -2.19. The molecule has 20 heavy (non-hydrogen) atoms. The molecule has 1 heterocycles. The lowest BCUT2D eigenvalue weighted by atomic mass is 10.0. The van der Waals surface area contributed by atoms with E-state index in [1.165, 1.54) is 18.2 Å². The second-order valence-corrected chi connectivity index (χ2v) is 5.21. The van der Waals surface area contributed by atoms with Gasteiger partial charge in [0.15, 0.2) is 0 Å². The van der Waals surface area contributed by atoms with Crippen molar-refractivity contribution in [1.82, 2.24) is 5.32 Å². The number of ether oxygens (including phenoxy) is 1. The lowest BCUT2D eigenvalue weighted by molar-refractivity contribution is -0.384. The quantitative estimate of drug-likeness (QED) is 0.683. The summed E-state index contributed by atoms with van der Waals surface area (Å²) < 4.78 is 5.28. The molecule has 1 aliphatic heterocycles. The van der Waals surface area contributed by atoms with Crippen LogP contribution in [0.4, 0.5) is 5.69 Å². The van der Waals surface area contributed by atoms with Crippen molar-refractivity contribution in [3.05, 3.63) is 38.9 Å². The van der Waals surface area contributed by atoms with E-state index in [2.05, 4.69) is 5.32 Å². The molecule has 0 radical (unpaired) electrons. The Morgan fingerprint density at radius 2 is 2.35 bits per heavy atom. The number of hydrogen-bond donors (Lipinski definition) is 1. The van der Waals surface area contributed by atoms with Crippen LogP contribution in [0, 0.1) is 16.0 Å². The topological polar surface area (TPSA) is 81.5 Å². The van der Waals surface area contributed by atoms with Gasteiger partial charge >= 0.3 is 0 Å². The molecule has 1 aromatic carbocycles. The zero-order valence-electron chi connectivity index (χ0n) is 11.0. The van der Waals surface area contributed by atoms with Crippen LogP contribution in [0.25, 0.3) is 0 Å². The van der Waals surface area contributed by atoms with Crippen molar-refractivity contribution in [3.63, 3.8) is 0 Å². The number of nitro groups is 1. The van der Waals surface area contributed by atoms with Gasteiger partial charge in [-0.3, -0.25) is 14.9 Å². The third kappa shape index (κ3) is 3.26. The maximum Gasteiger partial charge on any atom is 0.270 e. The number of nitro benzene ring substituents is 1. The van der Waals surface area contributed by atoms with Gasteiger partial charge in [-0.1, -0.05) is 11.6 Å². The van der Waals surface area contributed by atoms with Gasteiger partial charge in [0.25, 0.3) is 11.6 Å². The first-order valence-electron chi connectivity index (χ1n) is 6.31. The fraction of sp³-hybridized carbons (Fsp3) is 0.462. The molecule has 0 bridgehead atoms. The molecule has 0 spiro atoms. The zero-order valence-corrected chi connectivity index (χ0v) is 11.7. The smallest absolute Gasteiger partial charge is 0.270 e. The van der Waals surface area contributed by atoms with Gasteiger partial charge in [-0.15, -0.1) is 0 Å². The number of carbonyl (C=O) groups excluding carboxylic acids is 1. The van der Waals surface area contributed by atoms with Gasteiger partial charge in [0.05, 0.1) is 22.1 Å². The van der Waals surface area contributed by atoms with Crippen LogP contribution in [0.5, 0.6) is 0 Å². The Morgan fingerprint density at radius 3 is 2.90 bits per heavy atom. The van der Waals surface area contributed by atoms with Crippen molar-refractivity contribution in [1.29, 1.82) is 0 Å². The van der Waals surface area contributed by atoms with E-state index < -0.39 is 4.92 Å². The molecular weight excluding hydrogens is 284 g/mol. The van der Waals surface area contributed by atoms with Crippen molar-refractivity contribution in [3.8, 4) is 0 Å². The number of non-ortho nitro benzene ring substituents is 1. The summed E-state index contributed by atoms with van der Waals surface area (Å²) in [4.78, 5) is 22.2. The Morgan fingerprint density at radius 1 is 1.60 bits per heavy atom. The normalized spacial score (nSPS) is 19.6. The highest BCUT2D eigenvalue weighted by molar-refractivity contribution is 6.34. The van der Waals surface area contributed by atoms with E-state index in [-0.39, 0.29) is 34.1 Å². The minimum atomic E-state index is -0.550. The monoisotopic (exact) mass is 298 g/mol. The Bertz CT molecular complexity index is 529. The van der Waals surface area contributed by atoms with Crippen molar-refractivity contribution < 1.29 is 14.5 Å². The minimum absolute atomic E-state index is 0.0312. The van der Waals surface area contributed by atoms with Gasteiger partial charge in [-0.25, -0.2) is 0 Å². The molecule has 1 N–H and O–H groups in total. The molecule has 1 amide bonds. The first-order chi connectivity index (χ1) is 9.49. The largest absolute Gasteiger partial charge is 0.381 e. The third-order valence-electron chi connectivity index (χ3n) is 3.44. The zero-order chi connectivity index (χ0) is 14.7. The van der Waals surface area contributed by atoms with Crippen LogP contribution in [0.1, 0.15) is 23.7 Å². The predicted molar refractivity (Wildman–Crippen MR) is 74.0 cm³/mol. The number of amides is 1. The Hall–Kier alpha value is -1.66. The molecule has 6 nitrogen and oxygen atoms in total. The first kappa shape index (κ1) is 14.7. The van der Waals surface area contributed by atoms with Crippen LogP contribution >= 0.6 is 11.6 Å². The highest BCUT2D eigenvalue weighted by Crippen LogP contribution is 2.23. The number of rotatable bonds is 4. The molecule has 0 saturated carbocycles. The van der Waals surface area contributed by atoms with Gasteiger partial charge in [-0.2, -0.15) is 0 Å². The number of hydrogen-bond acceptors (Lipinski definition) is 4. The summed E-state index contributed by atoms with van der Waals surface area (Å²) in [6, 6.07) is 3.79. The molecule has 108 valence electrons. The molecule has 1 aliphatic rings. The average molecular weight is 299 g/mol. The highest BCUT2D eigenvalue weighted by Gasteiger charge is 2.24. The molecule has 1 aromatic rings. The van der Waals surface area contributed by atoms with Crippen LogP contribution in [0.3, 0.4) is 0 Å². The number of nitrogens with one attached hydrogen (secondary N) is 1. The summed E-state index contributed by atoms with van der Waals surface area (Å²) >= 11 is 5.92. The highest BCUT2D eigenvalue weighted by atomic mass is 35.5. The van der Waals surface area contributed by atoms with Crippen LogP contribution in [-0.2, 0) is 4.74 Å². The number of carbonyl (C=O) groups is 1. The van der Waals surface area contributed by atoms with E-state index in [1.807, 2.05) is 6.92 Å². The first-order valence-corrected chi connectivity index (χ1v) is 6.69. The number of halogens is 1. The van der Waals surface area contributed by atoms with E-state index in [1.54, 1.807) is 0 Å². The summed E-state index contributed by atoms with van der Waals surface area (Å²) in [7, 11) is 0. The summed E-state index contributed by atoms with van der Waals surface area (Å²) in [6.07, 6.45) is 0.912. The fourth-order valence-corrected chi connectivity index (χ4v) is 2.41. The Kier molecular flexibility index (Phi) is 4.57.